The number of aromatic nitrogens is 1. The molecule has 1 atom stereocenters. The first kappa shape index (κ1) is 20.1. The highest BCUT2D eigenvalue weighted by Crippen LogP contribution is 2.40. The van der Waals surface area contributed by atoms with Crippen LogP contribution in [0.1, 0.15) is 33.7 Å². The topological polar surface area (TPSA) is 15.8 Å². The molecule has 1 heteroatoms. The number of aromatic amines is 1. The molecule has 0 bridgehead atoms. The van der Waals surface area contributed by atoms with Gasteiger partial charge in [0.2, 0.25) is 0 Å². The molecule has 0 amide bonds. The summed E-state index contributed by atoms with van der Waals surface area (Å²) >= 11 is 0. The largest absolute Gasteiger partial charge is 0.354 e. The maximum absolute atomic E-state index is 3.73. The molecule has 1 aromatic heterocycles. The van der Waals surface area contributed by atoms with E-state index in [4.69, 9.17) is 0 Å². The van der Waals surface area contributed by atoms with Crippen LogP contribution >= 0.6 is 0 Å². The van der Waals surface area contributed by atoms with Gasteiger partial charge < -0.3 is 4.98 Å². The third kappa shape index (κ3) is 4.02. The number of fused-ring (bicyclic) bond motifs is 1. The van der Waals surface area contributed by atoms with Crippen molar-refractivity contribution in [3.8, 4) is 11.3 Å². The number of H-pyrrole nitrogens is 1. The summed E-state index contributed by atoms with van der Waals surface area (Å²) in [6, 6.07) is 36.9. The number of rotatable bonds is 5. The standard InChI is InChI=1S/C31H27N/c1-22-12-17-25(18-13-22)27(21-16-24-8-4-3-5-9-24)30-28-10-6-7-11-29(28)32-31(30)26-19-14-23(2)15-20-26/h3-21,27,32H,1-2H3/b21-16+. The molecule has 156 valence electrons. The van der Waals surface area contributed by atoms with Gasteiger partial charge >= 0.3 is 0 Å². The lowest BCUT2D eigenvalue weighted by Gasteiger charge is -2.17. The molecule has 1 heterocycles. The first-order valence-electron chi connectivity index (χ1n) is 11.2. The Morgan fingerprint density at radius 2 is 1.28 bits per heavy atom. The van der Waals surface area contributed by atoms with Crippen LogP contribution in [-0.2, 0) is 0 Å². The fraction of sp³-hybridized carbons (Fsp3) is 0.0968. The summed E-state index contributed by atoms with van der Waals surface area (Å²) in [4.78, 5) is 3.73. The van der Waals surface area contributed by atoms with E-state index >= 15 is 0 Å². The van der Waals surface area contributed by atoms with Crippen LogP contribution in [0.25, 0.3) is 28.2 Å². The van der Waals surface area contributed by atoms with Gasteiger partial charge in [-0.3, -0.25) is 0 Å². The van der Waals surface area contributed by atoms with E-state index in [0.717, 1.165) is 0 Å². The Morgan fingerprint density at radius 3 is 2.00 bits per heavy atom. The van der Waals surface area contributed by atoms with Crippen molar-refractivity contribution in [2.24, 2.45) is 0 Å². The van der Waals surface area contributed by atoms with Gasteiger partial charge in [-0.15, -0.1) is 0 Å². The molecule has 0 aliphatic rings. The Balaban J connectivity index is 1.73. The average molecular weight is 414 g/mol. The van der Waals surface area contributed by atoms with Crippen molar-refractivity contribution in [2.45, 2.75) is 19.8 Å². The lowest BCUT2D eigenvalue weighted by Crippen LogP contribution is -2.00. The lowest BCUT2D eigenvalue weighted by atomic mass is 9.86. The molecule has 0 spiro atoms. The number of hydrogen-bond acceptors (Lipinski definition) is 0. The summed E-state index contributed by atoms with van der Waals surface area (Å²) < 4.78 is 0. The Kier molecular flexibility index (Phi) is 5.47. The fourth-order valence-electron chi connectivity index (χ4n) is 4.35. The van der Waals surface area contributed by atoms with Gasteiger partial charge in [0.25, 0.3) is 0 Å². The summed E-state index contributed by atoms with van der Waals surface area (Å²) in [6.07, 6.45) is 4.58. The second kappa shape index (κ2) is 8.72. The van der Waals surface area contributed by atoms with E-state index in [1.807, 2.05) is 0 Å². The summed E-state index contributed by atoms with van der Waals surface area (Å²) in [7, 11) is 0. The molecule has 0 saturated heterocycles. The Morgan fingerprint density at radius 1 is 0.656 bits per heavy atom. The third-order valence-electron chi connectivity index (χ3n) is 6.11. The van der Waals surface area contributed by atoms with Crippen LogP contribution < -0.4 is 0 Å². The number of para-hydroxylation sites is 1. The minimum atomic E-state index is 0.128. The molecule has 5 aromatic rings. The van der Waals surface area contributed by atoms with E-state index < -0.39 is 0 Å². The minimum Gasteiger partial charge on any atom is -0.354 e. The van der Waals surface area contributed by atoms with Gasteiger partial charge in [-0.05, 0) is 42.2 Å². The third-order valence-corrected chi connectivity index (χ3v) is 6.11. The van der Waals surface area contributed by atoms with Crippen LogP contribution in [0.3, 0.4) is 0 Å². The van der Waals surface area contributed by atoms with Crippen LogP contribution in [-0.4, -0.2) is 4.98 Å². The Bertz CT molecular complexity index is 1350. The van der Waals surface area contributed by atoms with Crippen molar-refractivity contribution in [3.63, 3.8) is 0 Å². The first-order chi connectivity index (χ1) is 15.7. The summed E-state index contributed by atoms with van der Waals surface area (Å²) in [5, 5.41) is 1.27. The number of aryl methyl sites for hydroxylation is 2. The first-order valence-corrected chi connectivity index (χ1v) is 11.2. The molecule has 5 rings (SSSR count). The molecule has 0 aliphatic heterocycles. The van der Waals surface area contributed by atoms with Crippen molar-refractivity contribution in [3.05, 3.63) is 137 Å². The summed E-state index contributed by atoms with van der Waals surface area (Å²) in [6.45, 7) is 4.27. The van der Waals surface area contributed by atoms with Crippen molar-refractivity contribution >= 4 is 17.0 Å². The highest BCUT2D eigenvalue weighted by Gasteiger charge is 2.21. The predicted molar refractivity (Wildman–Crippen MR) is 137 cm³/mol. The number of hydrogen-bond donors (Lipinski definition) is 1. The van der Waals surface area contributed by atoms with Gasteiger partial charge in [-0.25, -0.2) is 0 Å². The molecule has 1 nitrogen and oxygen atoms in total. The normalized spacial score (nSPS) is 12.4. The van der Waals surface area contributed by atoms with Gasteiger partial charge in [0.05, 0.1) is 5.69 Å². The van der Waals surface area contributed by atoms with Crippen LogP contribution in [0.5, 0.6) is 0 Å². The second-order valence-corrected chi connectivity index (χ2v) is 8.48. The summed E-state index contributed by atoms with van der Waals surface area (Å²) in [5.74, 6) is 0.128. The van der Waals surface area contributed by atoms with Crippen molar-refractivity contribution in [1.29, 1.82) is 0 Å². The molecule has 0 radical (unpaired) electrons. The molecule has 4 aromatic carbocycles. The number of benzene rings is 4. The van der Waals surface area contributed by atoms with Crippen LogP contribution in [0.4, 0.5) is 0 Å². The van der Waals surface area contributed by atoms with E-state index in [-0.39, 0.29) is 5.92 Å². The van der Waals surface area contributed by atoms with Gasteiger partial charge in [-0.2, -0.15) is 0 Å². The molecule has 1 N–H and O–H groups in total. The average Bonchev–Trinajstić information content (AvgIpc) is 3.21. The maximum Gasteiger partial charge on any atom is 0.0506 e. The highest BCUT2D eigenvalue weighted by atomic mass is 14.7. The van der Waals surface area contributed by atoms with Crippen molar-refractivity contribution in [2.75, 3.05) is 0 Å². The van der Waals surface area contributed by atoms with Crippen LogP contribution in [0.15, 0.2) is 109 Å². The molecular weight excluding hydrogens is 386 g/mol. The van der Waals surface area contributed by atoms with Gasteiger partial charge in [-0.1, -0.05) is 120 Å². The second-order valence-electron chi connectivity index (χ2n) is 8.48. The van der Waals surface area contributed by atoms with Crippen molar-refractivity contribution < 1.29 is 0 Å². The fourth-order valence-corrected chi connectivity index (χ4v) is 4.35. The van der Waals surface area contributed by atoms with E-state index in [9.17, 15) is 0 Å². The number of nitrogens with one attached hydrogen (secondary N) is 1. The maximum atomic E-state index is 3.73. The molecule has 32 heavy (non-hydrogen) atoms. The molecule has 0 aliphatic carbocycles. The molecule has 0 saturated carbocycles. The SMILES string of the molecule is Cc1ccc(-c2[nH]c3ccccc3c2C(/C=C/c2ccccc2)c2ccc(C)cc2)cc1. The smallest absolute Gasteiger partial charge is 0.0506 e. The molecule has 1 unspecified atom stereocenters. The predicted octanol–water partition coefficient (Wildman–Crippen LogP) is 8.30. The van der Waals surface area contributed by atoms with Crippen molar-refractivity contribution in [1.82, 2.24) is 4.98 Å². The summed E-state index contributed by atoms with van der Waals surface area (Å²) in [5.41, 5.74) is 9.94. The Labute approximate surface area is 190 Å². The van der Waals surface area contributed by atoms with Gasteiger partial charge in [0.1, 0.15) is 0 Å². The van der Waals surface area contributed by atoms with Crippen LogP contribution in [0, 0.1) is 13.8 Å². The van der Waals surface area contributed by atoms with Crippen LogP contribution in [0.2, 0.25) is 0 Å². The molecular formula is C31H27N. The zero-order chi connectivity index (χ0) is 21.9. The van der Waals surface area contributed by atoms with Gasteiger partial charge in [0, 0.05) is 16.8 Å². The molecule has 0 fully saturated rings. The van der Waals surface area contributed by atoms with E-state index in [0.29, 0.717) is 0 Å². The Hall–Kier alpha value is -3.84. The van der Waals surface area contributed by atoms with E-state index in [2.05, 4.69) is 134 Å². The quantitative estimate of drug-likeness (QED) is 0.298. The van der Waals surface area contributed by atoms with E-state index in [1.165, 1.54) is 50.0 Å². The highest BCUT2D eigenvalue weighted by molar-refractivity contribution is 5.92. The van der Waals surface area contributed by atoms with E-state index in [1.54, 1.807) is 0 Å². The van der Waals surface area contributed by atoms with Gasteiger partial charge in [0.15, 0.2) is 0 Å². The number of allylic oxidation sites excluding steroid dienone is 1. The zero-order valence-electron chi connectivity index (χ0n) is 18.5. The monoisotopic (exact) mass is 413 g/mol. The zero-order valence-corrected chi connectivity index (χ0v) is 18.5. The lowest BCUT2D eigenvalue weighted by molar-refractivity contribution is 1.04. The minimum absolute atomic E-state index is 0.128.